The maximum atomic E-state index is 13.2. The molecule has 45 heavy (non-hydrogen) atoms. The number of carbonyl (C=O) groups is 1. The zero-order valence-electron chi connectivity index (χ0n) is 26.2. The van der Waals surface area contributed by atoms with Crippen LogP contribution in [0.2, 0.25) is 5.04 Å². The highest BCUT2D eigenvalue weighted by Crippen LogP contribution is 2.38. The van der Waals surface area contributed by atoms with Gasteiger partial charge in [-0.1, -0.05) is 99.6 Å². The summed E-state index contributed by atoms with van der Waals surface area (Å²) in [4.78, 5) is 29.9. The lowest BCUT2D eigenvalue weighted by molar-refractivity contribution is -0.115. The molecule has 1 saturated heterocycles. The van der Waals surface area contributed by atoms with Gasteiger partial charge in [0.1, 0.15) is 24.9 Å². The predicted octanol–water partition coefficient (Wildman–Crippen LogP) is 4.74. The number of rotatable bonds is 12. The van der Waals surface area contributed by atoms with Crippen molar-refractivity contribution < 1.29 is 23.4 Å². The molecule has 236 valence electrons. The molecule has 1 unspecified atom stereocenters. The summed E-state index contributed by atoms with van der Waals surface area (Å²) in [5, 5.41) is 4.81. The fraction of sp³-hybridized carbons (Fsp3) is 0.343. The Kier molecular flexibility index (Phi) is 10.4. The zero-order valence-corrected chi connectivity index (χ0v) is 27.2. The molecule has 3 aromatic carbocycles. The molecule has 4 aromatic rings. The van der Waals surface area contributed by atoms with Gasteiger partial charge in [0, 0.05) is 24.8 Å². The van der Waals surface area contributed by atoms with Gasteiger partial charge in [-0.15, -0.1) is 0 Å². The number of hydrogen-bond acceptors (Lipinski definition) is 7. The second kappa shape index (κ2) is 14.4. The third-order valence-electron chi connectivity index (χ3n) is 8.05. The Bertz CT molecular complexity index is 1560. The van der Waals surface area contributed by atoms with Gasteiger partial charge in [0.25, 0.3) is 14.2 Å². The number of carbonyl (C=O) groups excluding carboxylic acids is 1. The lowest BCUT2D eigenvalue weighted by Crippen LogP contribution is -2.67. The van der Waals surface area contributed by atoms with E-state index in [1.165, 1.54) is 14.9 Å². The van der Waals surface area contributed by atoms with E-state index in [1.807, 2.05) is 25.1 Å². The van der Waals surface area contributed by atoms with Crippen LogP contribution in [0.4, 0.5) is 5.82 Å². The van der Waals surface area contributed by atoms with Crippen LogP contribution < -0.4 is 21.4 Å². The molecule has 1 aliphatic heterocycles. The second-order valence-corrected chi connectivity index (χ2v) is 16.3. The molecule has 3 atom stereocenters. The Morgan fingerprint density at radius 3 is 2.11 bits per heavy atom. The van der Waals surface area contributed by atoms with Gasteiger partial charge < -0.3 is 24.0 Å². The molecule has 5 rings (SSSR count). The van der Waals surface area contributed by atoms with Gasteiger partial charge in [-0.25, -0.2) is 4.79 Å². The number of amides is 1. The van der Waals surface area contributed by atoms with E-state index in [0.717, 1.165) is 0 Å². The average molecular weight is 628 g/mol. The first-order valence-corrected chi connectivity index (χ1v) is 17.2. The van der Waals surface area contributed by atoms with Gasteiger partial charge in [0.05, 0.1) is 12.7 Å². The SMILES string of the molecule is CCOCOC1C[C@H](n2ccc(NC(=O)c3ccccc3)nc2=O)O[C@@H]1CO[Si](c1ccccc1)(c1ccccc1)C(C)(C)C. The molecule has 1 fully saturated rings. The Morgan fingerprint density at radius 2 is 1.56 bits per heavy atom. The minimum atomic E-state index is -2.84. The number of nitrogens with one attached hydrogen (secondary N) is 1. The smallest absolute Gasteiger partial charge is 0.351 e. The summed E-state index contributed by atoms with van der Waals surface area (Å²) in [5.74, 6) is -0.180. The monoisotopic (exact) mass is 627 g/mol. The van der Waals surface area contributed by atoms with Crippen LogP contribution >= 0.6 is 0 Å². The standard InChI is InChI=1S/C35H41N3O6Si/c1-5-41-25-42-29-23-32(38-22-21-31(37-34(38)40)36-33(39)26-15-9-6-10-16-26)44-30(29)24-43-45(35(2,3)4,27-17-11-7-12-18-27)28-19-13-8-14-20-28/h6-22,29-30,32H,5,23-25H2,1-4H3,(H,36,37,39,40)/t29?,30-,32-/m1/s1. The van der Waals surface area contributed by atoms with Crippen LogP contribution in [0.1, 0.15) is 50.7 Å². The van der Waals surface area contributed by atoms with Gasteiger partial charge >= 0.3 is 5.69 Å². The molecule has 1 amide bonds. The van der Waals surface area contributed by atoms with Gasteiger partial charge in [0.15, 0.2) is 0 Å². The summed E-state index contributed by atoms with van der Waals surface area (Å²) in [6.45, 7) is 9.46. The first-order valence-electron chi connectivity index (χ1n) is 15.3. The quantitative estimate of drug-likeness (QED) is 0.138. The Labute approximate surface area is 265 Å². The summed E-state index contributed by atoms with van der Waals surface area (Å²) in [7, 11) is -2.84. The molecule has 0 saturated carbocycles. The van der Waals surface area contributed by atoms with Crippen LogP contribution in [-0.2, 0) is 18.6 Å². The van der Waals surface area contributed by atoms with Crippen molar-refractivity contribution in [1.29, 1.82) is 0 Å². The predicted molar refractivity (Wildman–Crippen MR) is 176 cm³/mol. The summed E-state index contributed by atoms with van der Waals surface area (Å²) >= 11 is 0. The summed E-state index contributed by atoms with van der Waals surface area (Å²) < 4.78 is 26.7. The number of aromatic nitrogens is 2. The van der Waals surface area contributed by atoms with Crippen molar-refractivity contribution in [3.05, 3.63) is 119 Å². The zero-order chi connectivity index (χ0) is 31.9. The van der Waals surface area contributed by atoms with Gasteiger partial charge in [-0.3, -0.25) is 9.36 Å². The molecule has 10 heteroatoms. The van der Waals surface area contributed by atoms with Crippen molar-refractivity contribution in [2.45, 2.75) is 57.6 Å². The number of nitrogens with zero attached hydrogens (tertiary/aromatic N) is 2. The molecule has 1 aromatic heterocycles. The first-order chi connectivity index (χ1) is 21.7. The third-order valence-corrected chi connectivity index (χ3v) is 13.1. The highest BCUT2D eigenvalue weighted by molar-refractivity contribution is 6.99. The molecule has 1 N–H and O–H groups in total. The minimum absolute atomic E-state index is 0.102. The average Bonchev–Trinajstić information content (AvgIpc) is 3.44. The highest BCUT2D eigenvalue weighted by Gasteiger charge is 2.51. The maximum absolute atomic E-state index is 13.2. The van der Waals surface area contributed by atoms with E-state index in [1.54, 1.807) is 36.5 Å². The van der Waals surface area contributed by atoms with Crippen molar-refractivity contribution in [2.75, 3.05) is 25.3 Å². The van der Waals surface area contributed by atoms with E-state index in [-0.39, 0.29) is 36.3 Å². The Hall–Kier alpha value is -3.93. The van der Waals surface area contributed by atoms with E-state index >= 15 is 0 Å². The summed E-state index contributed by atoms with van der Waals surface area (Å²) in [5.41, 5.74) is -0.0661. The summed E-state index contributed by atoms with van der Waals surface area (Å²) in [6.07, 6.45) is 0.499. The van der Waals surface area contributed by atoms with Crippen LogP contribution in [0.3, 0.4) is 0 Å². The molecular weight excluding hydrogens is 586 g/mol. The number of hydrogen-bond donors (Lipinski definition) is 1. The molecule has 0 aliphatic carbocycles. The summed E-state index contributed by atoms with van der Waals surface area (Å²) in [6, 6.07) is 31.2. The van der Waals surface area contributed by atoms with Crippen LogP contribution in [-0.4, -0.2) is 56.0 Å². The van der Waals surface area contributed by atoms with E-state index in [9.17, 15) is 9.59 Å². The lowest BCUT2D eigenvalue weighted by Gasteiger charge is -2.43. The number of ether oxygens (including phenoxy) is 3. The lowest BCUT2D eigenvalue weighted by atomic mass is 10.2. The van der Waals surface area contributed by atoms with Crippen molar-refractivity contribution in [2.24, 2.45) is 0 Å². The van der Waals surface area contributed by atoms with Crippen molar-refractivity contribution in [1.82, 2.24) is 9.55 Å². The highest BCUT2D eigenvalue weighted by atomic mass is 28.4. The van der Waals surface area contributed by atoms with Crippen molar-refractivity contribution in [3.63, 3.8) is 0 Å². The van der Waals surface area contributed by atoms with Crippen LogP contribution in [0, 0.1) is 0 Å². The minimum Gasteiger partial charge on any atom is -0.405 e. The molecule has 0 spiro atoms. The van der Waals surface area contributed by atoms with Crippen LogP contribution in [0.25, 0.3) is 0 Å². The van der Waals surface area contributed by atoms with Gasteiger partial charge in [0.2, 0.25) is 0 Å². The largest absolute Gasteiger partial charge is 0.405 e. The fourth-order valence-electron chi connectivity index (χ4n) is 5.86. The normalized spacial score (nSPS) is 18.5. The number of anilines is 1. The molecule has 2 heterocycles. The van der Waals surface area contributed by atoms with Gasteiger partial charge in [-0.05, 0) is 40.5 Å². The van der Waals surface area contributed by atoms with E-state index in [0.29, 0.717) is 18.6 Å². The molecule has 0 radical (unpaired) electrons. The third kappa shape index (κ3) is 7.32. The van der Waals surface area contributed by atoms with Gasteiger partial charge in [-0.2, -0.15) is 4.98 Å². The van der Waals surface area contributed by atoms with Crippen molar-refractivity contribution in [3.8, 4) is 0 Å². The molecule has 9 nitrogen and oxygen atoms in total. The van der Waals surface area contributed by atoms with Crippen LogP contribution in [0.5, 0.6) is 0 Å². The second-order valence-electron chi connectivity index (χ2n) is 12.0. The molecular formula is C35H41N3O6Si. The Balaban J connectivity index is 1.39. The fourth-order valence-corrected chi connectivity index (χ4v) is 10.4. The molecule has 1 aliphatic rings. The van der Waals surface area contributed by atoms with Crippen molar-refractivity contribution >= 4 is 30.4 Å². The Morgan fingerprint density at radius 1 is 0.956 bits per heavy atom. The van der Waals surface area contributed by atoms with E-state index < -0.39 is 26.3 Å². The number of benzene rings is 3. The van der Waals surface area contributed by atoms with E-state index in [2.05, 4.69) is 79.6 Å². The first kappa shape index (κ1) is 32.5. The topological polar surface area (TPSA) is 101 Å². The van der Waals surface area contributed by atoms with Crippen LogP contribution in [0.15, 0.2) is 108 Å². The van der Waals surface area contributed by atoms with E-state index in [4.69, 9.17) is 18.6 Å². The molecule has 0 bridgehead atoms. The maximum Gasteiger partial charge on any atom is 0.351 e.